The van der Waals surface area contributed by atoms with Crippen molar-refractivity contribution >= 4 is 17.7 Å². The van der Waals surface area contributed by atoms with Crippen molar-refractivity contribution in [2.45, 2.75) is 25.3 Å². The maximum atomic E-state index is 12.2. The van der Waals surface area contributed by atoms with Gasteiger partial charge in [-0.15, -0.1) is 0 Å². The molecule has 2 fully saturated rings. The van der Waals surface area contributed by atoms with Crippen molar-refractivity contribution < 1.29 is 4.79 Å². The van der Waals surface area contributed by atoms with Crippen LogP contribution in [0.5, 0.6) is 0 Å². The van der Waals surface area contributed by atoms with Crippen molar-refractivity contribution in [1.82, 2.24) is 10.2 Å². The van der Waals surface area contributed by atoms with Crippen LogP contribution in [0.2, 0.25) is 0 Å². The molecule has 15 heavy (non-hydrogen) atoms. The molecule has 0 spiro atoms. The van der Waals surface area contributed by atoms with Crippen LogP contribution < -0.4 is 5.32 Å². The number of carbonyl (C=O) groups is 1. The molecule has 0 aromatic carbocycles. The van der Waals surface area contributed by atoms with Crippen molar-refractivity contribution in [2.24, 2.45) is 5.92 Å². The van der Waals surface area contributed by atoms with Crippen LogP contribution in [0.3, 0.4) is 0 Å². The van der Waals surface area contributed by atoms with E-state index in [4.69, 9.17) is 0 Å². The smallest absolute Gasteiger partial charge is 0.226 e. The van der Waals surface area contributed by atoms with E-state index in [-0.39, 0.29) is 5.92 Å². The summed E-state index contributed by atoms with van der Waals surface area (Å²) in [5, 5.41) is 3.31. The van der Waals surface area contributed by atoms with Crippen molar-refractivity contribution in [2.75, 3.05) is 31.6 Å². The van der Waals surface area contributed by atoms with Gasteiger partial charge in [-0.1, -0.05) is 0 Å². The molecule has 2 rings (SSSR count). The molecule has 86 valence electrons. The number of hydrogen-bond donors (Lipinski definition) is 1. The maximum Gasteiger partial charge on any atom is 0.226 e. The third-order valence-electron chi connectivity index (χ3n) is 3.45. The van der Waals surface area contributed by atoms with E-state index in [9.17, 15) is 4.79 Å². The summed E-state index contributed by atoms with van der Waals surface area (Å²) >= 11 is 1.97. The molecule has 2 heterocycles. The Morgan fingerprint density at radius 3 is 2.93 bits per heavy atom. The lowest BCUT2D eigenvalue weighted by Crippen LogP contribution is -2.45. The minimum atomic E-state index is 0.231. The van der Waals surface area contributed by atoms with Crippen LogP contribution in [0.4, 0.5) is 0 Å². The number of amides is 1. The number of thioether (sulfide) groups is 1. The largest absolute Gasteiger partial charge is 0.342 e. The molecule has 2 aliphatic heterocycles. The van der Waals surface area contributed by atoms with Gasteiger partial charge in [0, 0.05) is 25.4 Å². The molecule has 0 radical (unpaired) electrons. The summed E-state index contributed by atoms with van der Waals surface area (Å²) in [6.07, 6.45) is 3.38. The number of carbonyl (C=O) groups excluding carboxylic acids is 1. The molecular weight excluding hydrogens is 208 g/mol. The lowest BCUT2D eigenvalue weighted by atomic mass is 9.97. The van der Waals surface area contributed by atoms with E-state index < -0.39 is 0 Å². The lowest BCUT2D eigenvalue weighted by Gasteiger charge is -2.30. The molecular formula is C11H20N2OS. The molecule has 0 aromatic heterocycles. The molecule has 2 aliphatic rings. The summed E-state index contributed by atoms with van der Waals surface area (Å²) in [5.41, 5.74) is 0. The van der Waals surface area contributed by atoms with Gasteiger partial charge in [0.25, 0.3) is 0 Å². The van der Waals surface area contributed by atoms with Crippen LogP contribution in [0.25, 0.3) is 0 Å². The number of piperidine rings is 1. The predicted octanol–water partition coefficient (Wildman–Crippen LogP) is 0.950. The summed E-state index contributed by atoms with van der Waals surface area (Å²) < 4.78 is 0. The second-order valence-electron chi connectivity index (χ2n) is 4.51. The highest BCUT2D eigenvalue weighted by Crippen LogP contribution is 2.23. The van der Waals surface area contributed by atoms with Crippen LogP contribution in [0.1, 0.15) is 19.3 Å². The second kappa shape index (κ2) is 5.21. The quantitative estimate of drug-likeness (QED) is 0.764. The van der Waals surface area contributed by atoms with Crippen LogP contribution >= 0.6 is 11.8 Å². The first kappa shape index (κ1) is 11.3. The van der Waals surface area contributed by atoms with E-state index in [0.717, 1.165) is 31.7 Å². The van der Waals surface area contributed by atoms with Crippen LogP contribution in [-0.4, -0.2) is 48.5 Å². The van der Waals surface area contributed by atoms with E-state index in [1.807, 2.05) is 23.7 Å². The predicted molar refractivity (Wildman–Crippen MR) is 64.1 cm³/mol. The molecule has 0 unspecified atom stereocenters. The van der Waals surface area contributed by atoms with E-state index >= 15 is 0 Å². The SMILES string of the molecule is CN(C(=O)[C@@H]1CCCNC1)[C@H]1CCSC1. The van der Waals surface area contributed by atoms with Gasteiger partial charge in [0.05, 0.1) is 5.92 Å². The van der Waals surface area contributed by atoms with Gasteiger partial charge in [-0.2, -0.15) is 11.8 Å². The van der Waals surface area contributed by atoms with Gasteiger partial charge < -0.3 is 10.2 Å². The fourth-order valence-electron chi connectivity index (χ4n) is 2.36. The Hall–Kier alpha value is -0.220. The first-order valence-corrected chi connectivity index (χ1v) is 6.99. The lowest BCUT2D eigenvalue weighted by molar-refractivity contribution is -0.136. The first-order valence-electron chi connectivity index (χ1n) is 5.84. The summed E-state index contributed by atoms with van der Waals surface area (Å²) in [4.78, 5) is 14.2. The number of nitrogens with one attached hydrogen (secondary N) is 1. The summed E-state index contributed by atoms with van der Waals surface area (Å²) in [6.45, 7) is 1.95. The van der Waals surface area contributed by atoms with Crippen molar-refractivity contribution in [1.29, 1.82) is 0 Å². The van der Waals surface area contributed by atoms with E-state index in [1.54, 1.807) is 0 Å². The average Bonchev–Trinajstić information content (AvgIpc) is 2.82. The summed E-state index contributed by atoms with van der Waals surface area (Å²) in [6, 6.07) is 0.490. The molecule has 1 N–H and O–H groups in total. The molecule has 0 aromatic rings. The molecule has 2 atom stereocenters. The molecule has 2 saturated heterocycles. The monoisotopic (exact) mass is 228 g/mol. The zero-order valence-corrected chi connectivity index (χ0v) is 10.2. The van der Waals surface area contributed by atoms with E-state index in [2.05, 4.69) is 5.32 Å². The highest BCUT2D eigenvalue weighted by Gasteiger charge is 2.29. The number of rotatable bonds is 2. The number of hydrogen-bond acceptors (Lipinski definition) is 3. The standard InChI is InChI=1S/C11H20N2OS/c1-13(10-4-6-15-8-10)11(14)9-3-2-5-12-7-9/h9-10,12H,2-8H2,1H3/t9-,10+/m1/s1. The second-order valence-corrected chi connectivity index (χ2v) is 5.66. The Kier molecular flexibility index (Phi) is 3.92. The van der Waals surface area contributed by atoms with Crippen molar-refractivity contribution in [3.05, 3.63) is 0 Å². The zero-order valence-electron chi connectivity index (χ0n) is 9.37. The Balaban J connectivity index is 1.87. The van der Waals surface area contributed by atoms with Gasteiger partial charge >= 0.3 is 0 Å². The van der Waals surface area contributed by atoms with Gasteiger partial charge in [0.15, 0.2) is 0 Å². The minimum absolute atomic E-state index is 0.231. The molecule has 0 saturated carbocycles. The third kappa shape index (κ3) is 2.67. The normalized spacial score (nSPS) is 31.5. The van der Waals surface area contributed by atoms with Crippen LogP contribution in [-0.2, 0) is 4.79 Å². The van der Waals surface area contributed by atoms with E-state index in [0.29, 0.717) is 11.9 Å². The van der Waals surface area contributed by atoms with Crippen molar-refractivity contribution in [3.63, 3.8) is 0 Å². The third-order valence-corrected chi connectivity index (χ3v) is 4.59. The molecule has 0 aliphatic carbocycles. The van der Waals surface area contributed by atoms with Gasteiger partial charge in [0.2, 0.25) is 5.91 Å². The van der Waals surface area contributed by atoms with Gasteiger partial charge in [-0.25, -0.2) is 0 Å². The van der Waals surface area contributed by atoms with Crippen molar-refractivity contribution in [3.8, 4) is 0 Å². The zero-order chi connectivity index (χ0) is 10.7. The highest BCUT2D eigenvalue weighted by molar-refractivity contribution is 7.99. The number of nitrogens with zero attached hydrogens (tertiary/aromatic N) is 1. The van der Waals surface area contributed by atoms with E-state index in [1.165, 1.54) is 12.2 Å². The van der Waals surface area contributed by atoms with Gasteiger partial charge in [0.1, 0.15) is 0 Å². The fourth-order valence-corrected chi connectivity index (χ4v) is 3.63. The average molecular weight is 228 g/mol. The molecule has 4 heteroatoms. The van der Waals surface area contributed by atoms with Crippen LogP contribution in [0, 0.1) is 5.92 Å². The maximum absolute atomic E-state index is 12.2. The molecule has 0 bridgehead atoms. The molecule has 3 nitrogen and oxygen atoms in total. The highest BCUT2D eigenvalue weighted by atomic mass is 32.2. The Labute approximate surface area is 96.0 Å². The van der Waals surface area contributed by atoms with Crippen LogP contribution in [0.15, 0.2) is 0 Å². The fraction of sp³-hybridized carbons (Fsp3) is 0.909. The Morgan fingerprint density at radius 2 is 2.33 bits per heavy atom. The minimum Gasteiger partial charge on any atom is -0.342 e. The van der Waals surface area contributed by atoms with Gasteiger partial charge in [-0.3, -0.25) is 4.79 Å². The summed E-state index contributed by atoms with van der Waals surface area (Å²) in [5.74, 6) is 2.93. The Bertz CT molecular complexity index is 223. The Morgan fingerprint density at radius 1 is 1.47 bits per heavy atom. The van der Waals surface area contributed by atoms with Gasteiger partial charge in [-0.05, 0) is 31.6 Å². The molecule has 1 amide bonds. The topological polar surface area (TPSA) is 32.3 Å². The first-order chi connectivity index (χ1) is 7.29. The summed E-state index contributed by atoms with van der Waals surface area (Å²) in [7, 11) is 1.98.